The van der Waals surface area contributed by atoms with E-state index in [0.29, 0.717) is 30.6 Å². The molecule has 7 nitrogen and oxygen atoms in total. The van der Waals surface area contributed by atoms with Crippen LogP contribution in [0.3, 0.4) is 0 Å². The fraction of sp³-hybridized carbons (Fsp3) is 0.529. The first-order valence-electron chi connectivity index (χ1n) is 8.11. The van der Waals surface area contributed by atoms with Crippen molar-refractivity contribution in [1.82, 2.24) is 4.90 Å². The van der Waals surface area contributed by atoms with E-state index in [-0.39, 0.29) is 30.4 Å². The van der Waals surface area contributed by atoms with Crippen molar-refractivity contribution in [2.45, 2.75) is 39.0 Å². The van der Waals surface area contributed by atoms with E-state index in [1.165, 1.54) is 6.07 Å². The molecular weight excluding hydrogens is 312 g/mol. The number of amides is 1. The average molecular weight is 334 g/mol. The Labute approximate surface area is 140 Å². The number of nitrogens with zero attached hydrogens (tertiary/aromatic N) is 2. The lowest BCUT2D eigenvalue weighted by Crippen LogP contribution is -2.40. The van der Waals surface area contributed by atoms with Crippen LogP contribution < -0.4 is 0 Å². The van der Waals surface area contributed by atoms with Crippen molar-refractivity contribution >= 4 is 17.6 Å². The molecule has 1 unspecified atom stereocenters. The van der Waals surface area contributed by atoms with E-state index in [1.807, 2.05) is 0 Å². The number of carboxylic acids is 1. The smallest absolute Gasteiger partial charge is 0.303 e. The maximum Gasteiger partial charge on any atom is 0.303 e. The fourth-order valence-corrected chi connectivity index (χ4v) is 3.19. The Hall–Kier alpha value is -2.44. The van der Waals surface area contributed by atoms with E-state index in [1.54, 1.807) is 24.0 Å². The third-order valence-corrected chi connectivity index (χ3v) is 4.59. The van der Waals surface area contributed by atoms with Crippen molar-refractivity contribution in [2.75, 3.05) is 13.1 Å². The number of benzene rings is 1. The number of hydrogen-bond acceptors (Lipinski definition) is 4. The van der Waals surface area contributed by atoms with Crippen LogP contribution in [0.2, 0.25) is 0 Å². The highest BCUT2D eigenvalue weighted by molar-refractivity contribution is 5.79. The Morgan fingerprint density at radius 2 is 2.17 bits per heavy atom. The SMILES string of the molecule is Cc1c(CC(=O)N2CCCC(CCC(=O)O)C2)cccc1[N+](=O)[O-]. The quantitative estimate of drug-likeness (QED) is 0.636. The Balaban J connectivity index is 2.00. The van der Waals surface area contributed by atoms with Gasteiger partial charge in [-0.1, -0.05) is 12.1 Å². The largest absolute Gasteiger partial charge is 0.481 e. The number of piperidine rings is 1. The number of likely N-dealkylation sites (tertiary alicyclic amines) is 1. The third kappa shape index (κ3) is 4.53. The second-order valence-electron chi connectivity index (χ2n) is 6.28. The highest BCUT2D eigenvalue weighted by atomic mass is 16.6. The van der Waals surface area contributed by atoms with Crippen molar-refractivity contribution < 1.29 is 19.6 Å². The summed E-state index contributed by atoms with van der Waals surface area (Å²) in [6.07, 6.45) is 2.64. The minimum Gasteiger partial charge on any atom is -0.481 e. The summed E-state index contributed by atoms with van der Waals surface area (Å²) >= 11 is 0. The van der Waals surface area contributed by atoms with Gasteiger partial charge in [-0.25, -0.2) is 0 Å². The van der Waals surface area contributed by atoms with Gasteiger partial charge in [-0.3, -0.25) is 19.7 Å². The van der Waals surface area contributed by atoms with E-state index < -0.39 is 10.9 Å². The van der Waals surface area contributed by atoms with Crippen LogP contribution in [0.1, 0.15) is 36.8 Å². The summed E-state index contributed by atoms with van der Waals surface area (Å²) in [6, 6.07) is 4.78. The van der Waals surface area contributed by atoms with Crippen LogP contribution in [0.4, 0.5) is 5.69 Å². The van der Waals surface area contributed by atoms with Gasteiger partial charge in [0.1, 0.15) is 0 Å². The second kappa shape index (κ2) is 7.90. The zero-order chi connectivity index (χ0) is 17.7. The fourth-order valence-electron chi connectivity index (χ4n) is 3.19. The first kappa shape index (κ1) is 17.9. The number of aliphatic carboxylic acids is 1. The van der Waals surface area contributed by atoms with Crippen LogP contribution in [0.15, 0.2) is 18.2 Å². The number of nitro groups is 1. The molecule has 0 bridgehead atoms. The van der Waals surface area contributed by atoms with Gasteiger partial charge in [0.2, 0.25) is 5.91 Å². The van der Waals surface area contributed by atoms with E-state index >= 15 is 0 Å². The molecule has 1 aromatic carbocycles. The number of rotatable bonds is 6. The molecule has 2 rings (SSSR count). The molecule has 24 heavy (non-hydrogen) atoms. The Morgan fingerprint density at radius 3 is 2.83 bits per heavy atom. The van der Waals surface area contributed by atoms with Crippen molar-refractivity contribution in [3.8, 4) is 0 Å². The first-order chi connectivity index (χ1) is 11.4. The predicted molar refractivity (Wildman–Crippen MR) is 87.7 cm³/mol. The molecule has 0 radical (unpaired) electrons. The van der Waals surface area contributed by atoms with Crippen LogP contribution in [-0.4, -0.2) is 39.9 Å². The van der Waals surface area contributed by atoms with E-state index in [0.717, 1.165) is 12.8 Å². The van der Waals surface area contributed by atoms with Crippen LogP contribution >= 0.6 is 0 Å². The van der Waals surface area contributed by atoms with Gasteiger partial charge in [0.15, 0.2) is 0 Å². The molecule has 1 atom stereocenters. The molecule has 1 aromatic rings. The zero-order valence-electron chi connectivity index (χ0n) is 13.7. The summed E-state index contributed by atoms with van der Waals surface area (Å²) in [5.41, 5.74) is 1.22. The molecule has 1 aliphatic heterocycles. The predicted octanol–water partition coefficient (Wildman–Crippen LogP) is 2.55. The summed E-state index contributed by atoms with van der Waals surface area (Å²) in [4.78, 5) is 35.5. The van der Waals surface area contributed by atoms with E-state index in [2.05, 4.69) is 0 Å². The van der Waals surface area contributed by atoms with Crippen LogP contribution in [-0.2, 0) is 16.0 Å². The summed E-state index contributed by atoms with van der Waals surface area (Å²) < 4.78 is 0. The van der Waals surface area contributed by atoms with Gasteiger partial charge >= 0.3 is 5.97 Å². The van der Waals surface area contributed by atoms with Gasteiger partial charge < -0.3 is 10.0 Å². The molecule has 0 aliphatic carbocycles. The average Bonchev–Trinajstić information content (AvgIpc) is 2.54. The summed E-state index contributed by atoms with van der Waals surface area (Å²) in [7, 11) is 0. The molecule has 130 valence electrons. The molecule has 1 fully saturated rings. The molecule has 1 saturated heterocycles. The van der Waals surface area contributed by atoms with E-state index in [9.17, 15) is 19.7 Å². The molecule has 7 heteroatoms. The highest BCUT2D eigenvalue weighted by Gasteiger charge is 2.25. The molecule has 1 heterocycles. The van der Waals surface area contributed by atoms with Gasteiger partial charge in [-0.2, -0.15) is 0 Å². The highest BCUT2D eigenvalue weighted by Crippen LogP contribution is 2.24. The molecule has 1 amide bonds. The van der Waals surface area contributed by atoms with Crippen LogP contribution in [0.5, 0.6) is 0 Å². The topological polar surface area (TPSA) is 101 Å². The lowest BCUT2D eigenvalue weighted by Gasteiger charge is -2.32. The minimum absolute atomic E-state index is 0.0262. The molecule has 0 saturated carbocycles. The van der Waals surface area contributed by atoms with E-state index in [4.69, 9.17) is 5.11 Å². The van der Waals surface area contributed by atoms with Crippen molar-refractivity contribution in [1.29, 1.82) is 0 Å². The normalized spacial score (nSPS) is 17.5. The standard InChI is InChI=1S/C17H22N2O5/c1-12-14(5-2-6-15(12)19(23)24)10-16(20)18-9-3-4-13(11-18)7-8-17(21)22/h2,5-6,13H,3-4,7-11H2,1H3,(H,21,22). The number of carbonyl (C=O) groups is 2. The van der Waals surface area contributed by atoms with Gasteiger partial charge in [0, 0.05) is 31.1 Å². The Kier molecular flexibility index (Phi) is 5.89. The number of carbonyl (C=O) groups excluding carboxylic acids is 1. The van der Waals surface area contributed by atoms with Crippen LogP contribution in [0.25, 0.3) is 0 Å². The number of hydrogen-bond donors (Lipinski definition) is 1. The van der Waals surface area contributed by atoms with Crippen LogP contribution in [0, 0.1) is 23.0 Å². The van der Waals surface area contributed by atoms with Gasteiger partial charge in [0.05, 0.1) is 11.3 Å². The number of carboxylic acid groups (broad SMARTS) is 1. The minimum atomic E-state index is -0.814. The van der Waals surface area contributed by atoms with Gasteiger partial charge in [0.25, 0.3) is 5.69 Å². The summed E-state index contributed by atoms with van der Waals surface area (Å²) in [6.45, 7) is 2.89. The first-order valence-corrected chi connectivity index (χ1v) is 8.11. The zero-order valence-corrected chi connectivity index (χ0v) is 13.7. The molecule has 1 aliphatic rings. The Bertz CT molecular complexity index is 644. The third-order valence-electron chi connectivity index (χ3n) is 4.59. The second-order valence-corrected chi connectivity index (χ2v) is 6.28. The monoisotopic (exact) mass is 334 g/mol. The van der Waals surface area contributed by atoms with Gasteiger partial charge in [-0.15, -0.1) is 0 Å². The van der Waals surface area contributed by atoms with Crippen molar-refractivity contribution in [3.05, 3.63) is 39.4 Å². The molecule has 1 N–H and O–H groups in total. The molecule has 0 spiro atoms. The molecule has 0 aromatic heterocycles. The van der Waals surface area contributed by atoms with Gasteiger partial charge in [-0.05, 0) is 37.7 Å². The maximum absolute atomic E-state index is 12.5. The summed E-state index contributed by atoms with van der Waals surface area (Å²) in [5.74, 6) is -0.658. The number of nitro benzene ring substituents is 1. The Morgan fingerprint density at radius 1 is 1.42 bits per heavy atom. The van der Waals surface area contributed by atoms with Crippen molar-refractivity contribution in [3.63, 3.8) is 0 Å². The van der Waals surface area contributed by atoms with Crippen molar-refractivity contribution in [2.24, 2.45) is 5.92 Å². The molecular formula is C17H22N2O5. The lowest BCUT2D eigenvalue weighted by atomic mass is 9.93. The maximum atomic E-state index is 12.5. The summed E-state index contributed by atoms with van der Waals surface area (Å²) in [5, 5.41) is 19.8. The lowest BCUT2D eigenvalue weighted by molar-refractivity contribution is -0.385.